The van der Waals surface area contributed by atoms with Gasteiger partial charge in [-0.05, 0) is 18.9 Å². The molecule has 0 unspecified atom stereocenters. The summed E-state index contributed by atoms with van der Waals surface area (Å²) in [6, 6.07) is -0.798. The molecular formula is C11H21NO3. The molecule has 1 fully saturated rings. The molecule has 15 heavy (non-hydrogen) atoms. The quantitative estimate of drug-likeness (QED) is 0.618. The number of hydrogen-bond donors (Lipinski definition) is 3. The molecule has 1 aliphatic rings. The van der Waals surface area contributed by atoms with Crippen LogP contribution in [-0.4, -0.2) is 35.4 Å². The number of aliphatic hydroxyl groups excluding tert-OH is 1. The van der Waals surface area contributed by atoms with Gasteiger partial charge in [-0.15, -0.1) is 0 Å². The molecule has 0 bridgehead atoms. The molecule has 4 nitrogen and oxygen atoms in total. The number of aliphatic hydroxyl groups is 1. The molecule has 1 saturated carbocycles. The zero-order chi connectivity index (χ0) is 11.1. The van der Waals surface area contributed by atoms with Crippen molar-refractivity contribution in [1.82, 2.24) is 5.32 Å². The van der Waals surface area contributed by atoms with Crippen molar-refractivity contribution in [1.29, 1.82) is 0 Å². The van der Waals surface area contributed by atoms with E-state index in [1.165, 1.54) is 32.1 Å². The van der Waals surface area contributed by atoms with Crippen LogP contribution in [0.1, 0.15) is 38.5 Å². The van der Waals surface area contributed by atoms with Gasteiger partial charge in [-0.3, -0.25) is 4.79 Å². The van der Waals surface area contributed by atoms with Crippen molar-refractivity contribution in [2.45, 2.75) is 44.6 Å². The van der Waals surface area contributed by atoms with Crippen LogP contribution >= 0.6 is 0 Å². The number of carboxylic acid groups (broad SMARTS) is 1. The largest absolute Gasteiger partial charge is 0.480 e. The average Bonchev–Trinajstić information content (AvgIpc) is 2.25. The van der Waals surface area contributed by atoms with Crippen molar-refractivity contribution >= 4 is 5.97 Å². The third-order valence-electron chi connectivity index (χ3n) is 3.15. The van der Waals surface area contributed by atoms with Crippen LogP contribution in [0.2, 0.25) is 0 Å². The van der Waals surface area contributed by atoms with Crippen LogP contribution in [-0.2, 0) is 4.79 Å². The second-order valence-electron chi connectivity index (χ2n) is 4.32. The lowest BCUT2D eigenvalue weighted by Gasteiger charge is -2.22. The van der Waals surface area contributed by atoms with Gasteiger partial charge in [-0.1, -0.05) is 32.1 Å². The third kappa shape index (κ3) is 4.62. The van der Waals surface area contributed by atoms with Crippen molar-refractivity contribution < 1.29 is 15.0 Å². The molecule has 3 N–H and O–H groups in total. The Kier molecular flexibility index (Phi) is 5.65. The number of carbonyl (C=O) groups is 1. The monoisotopic (exact) mass is 215 g/mol. The number of nitrogens with one attached hydrogen (secondary N) is 1. The van der Waals surface area contributed by atoms with Gasteiger partial charge in [-0.2, -0.15) is 0 Å². The van der Waals surface area contributed by atoms with Crippen molar-refractivity contribution in [3.8, 4) is 0 Å². The first kappa shape index (κ1) is 12.5. The first-order chi connectivity index (χ1) is 7.24. The molecule has 0 amide bonds. The van der Waals surface area contributed by atoms with Gasteiger partial charge in [0.1, 0.15) is 6.04 Å². The lowest BCUT2D eigenvalue weighted by atomic mass is 9.87. The van der Waals surface area contributed by atoms with Gasteiger partial charge in [-0.25, -0.2) is 0 Å². The zero-order valence-electron chi connectivity index (χ0n) is 9.11. The minimum Gasteiger partial charge on any atom is -0.480 e. The van der Waals surface area contributed by atoms with Gasteiger partial charge in [0, 0.05) is 0 Å². The van der Waals surface area contributed by atoms with E-state index in [1.54, 1.807) is 0 Å². The normalized spacial score (nSPS) is 20.1. The van der Waals surface area contributed by atoms with E-state index in [0.29, 0.717) is 6.54 Å². The van der Waals surface area contributed by atoms with Crippen LogP contribution in [0.4, 0.5) is 0 Å². The van der Waals surface area contributed by atoms with Crippen LogP contribution < -0.4 is 5.32 Å². The number of hydrogen-bond acceptors (Lipinski definition) is 3. The van der Waals surface area contributed by atoms with Crippen LogP contribution in [0.3, 0.4) is 0 Å². The predicted molar refractivity (Wildman–Crippen MR) is 57.7 cm³/mol. The first-order valence-corrected chi connectivity index (χ1v) is 5.81. The second kappa shape index (κ2) is 6.80. The van der Waals surface area contributed by atoms with E-state index in [-0.39, 0.29) is 6.61 Å². The Morgan fingerprint density at radius 2 is 2.00 bits per heavy atom. The molecule has 0 heterocycles. The summed E-state index contributed by atoms with van der Waals surface area (Å²) < 4.78 is 0. The molecule has 88 valence electrons. The molecular weight excluding hydrogens is 194 g/mol. The van der Waals surface area contributed by atoms with Crippen LogP contribution in [0.25, 0.3) is 0 Å². The van der Waals surface area contributed by atoms with Crippen LogP contribution in [0, 0.1) is 5.92 Å². The van der Waals surface area contributed by atoms with E-state index in [4.69, 9.17) is 10.2 Å². The Labute approximate surface area is 90.7 Å². The summed E-state index contributed by atoms with van der Waals surface area (Å²) in [6.45, 7) is 0.363. The number of aliphatic carboxylic acids is 1. The average molecular weight is 215 g/mol. The molecule has 0 aromatic heterocycles. The standard InChI is InChI=1S/C11H21NO3/c13-8-10(11(14)15)12-7-6-9-4-2-1-3-5-9/h9-10,12-13H,1-8H2,(H,14,15)/t10-/m0/s1. The predicted octanol–water partition coefficient (Wildman–Crippen LogP) is 0.992. The van der Waals surface area contributed by atoms with Crippen molar-refractivity contribution in [2.75, 3.05) is 13.2 Å². The van der Waals surface area contributed by atoms with E-state index in [0.717, 1.165) is 12.3 Å². The van der Waals surface area contributed by atoms with Gasteiger partial charge < -0.3 is 15.5 Å². The minimum atomic E-state index is -0.971. The van der Waals surface area contributed by atoms with Crippen LogP contribution in [0.5, 0.6) is 0 Å². The lowest BCUT2D eigenvalue weighted by molar-refractivity contribution is -0.140. The molecule has 0 aromatic carbocycles. The Morgan fingerprint density at radius 1 is 1.33 bits per heavy atom. The van der Waals surface area contributed by atoms with E-state index in [9.17, 15) is 4.79 Å². The number of rotatable bonds is 6. The highest BCUT2D eigenvalue weighted by Crippen LogP contribution is 2.25. The molecule has 1 aliphatic carbocycles. The Morgan fingerprint density at radius 3 is 2.53 bits per heavy atom. The van der Waals surface area contributed by atoms with Crippen molar-refractivity contribution in [2.24, 2.45) is 5.92 Å². The first-order valence-electron chi connectivity index (χ1n) is 5.81. The van der Waals surface area contributed by atoms with Gasteiger partial charge >= 0.3 is 5.97 Å². The molecule has 1 atom stereocenters. The number of carboxylic acids is 1. The fourth-order valence-corrected chi connectivity index (χ4v) is 2.17. The SMILES string of the molecule is O=C(O)[C@H](CO)NCCC1CCCCC1. The van der Waals surface area contributed by atoms with E-state index in [1.807, 2.05) is 0 Å². The van der Waals surface area contributed by atoms with E-state index in [2.05, 4.69) is 5.32 Å². The molecule has 1 rings (SSSR count). The Bertz CT molecular complexity index is 190. The molecule has 0 saturated heterocycles. The van der Waals surface area contributed by atoms with E-state index >= 15 is 0 Å². The summed E-state index contributed by atoms with van der Waals surface area (Å²) in [6.07, 6.45) is 7.55. The summed E-state index contributed by atoms with van der Waals surface area (Å²) in [5.41, 5.74) is 0. The summed E-state index contributed by atoms with van der Waals surface area (Å²) in [5.74, 6) is -0.222. The highest BCUT2D eigenvalue weighted by molar-refractivity contribution is 5.73. The highest BCUT2D eigenvalue weighted by atomic mass is 16.4. The summed E-state index contributed by atoms with van der Waals surface area (Å²) in [4.78, 5) is 10.6. The fourth-order valence-electron chi connectivity index (χ4n) is 2.17. The van der Waals surface area contributed by atoms with Gasteiger partial charge in [0.25, 0.3) is 0 Å². The molecule has 0 aliphatic heterocycles. The maximum absolute atomic E-state index is 10.6. The summed E-state index contributed by atoms with van der Waals surface area (Å²) in [5, 5.41) is 20.3. The smallest absolute Gasteiger partial charge is 0.323 e. The summed E-state index contributed by atoms with van der Waals surface area (Å²) in [7, 11) is 0. The minimum absolute atomic E-state index is 0.333. The Balaban J connectivity index is 2.11. The lowest BCUT2D eigenvalue weighted by Crippen LogP contribution is -2.40. The second-order valence-corrected chi connectivity index (χ2v) is 4.32. The summed E-state index contributed by atoms with van der Waals surface area (Å²) >= 11 is 0. The zero-order valence-corrected chi connectivity index (χ0v) is 9.11. The maximum atomic E-state index is 10.6. The van der Waals surface area contributed by atoms with Gasteiger partial charge in [0.15, 0.2) is 0 Å². The van der Waals surface area contributed by atoms with E-state index < -0.39 is 12.0 Å². The Hall–Kier alpha value is -0.610. The van der Waals surface area contributed by atoms with Crippen molar-refractivity contribution in [3.05, 3.63) is 0 Å². The van der Waals surface area contributed by atoms with Gasteiger partial charge in [0.2, 0.25) is 0 Å². The van der Waals surface area contributed by atoms with Crippen LogP contribution in [0.15, 0.2) is 0 Å². The molecule has 4 heteroatoms. The van der Waals surface area contributed by atoms with Crippen molar-refractivity contribution in [3.63, 3.8) is 0 Å². The highest BCUT2D eigenvalue weighted by Gasteiger charge is 2.17. The molecule has 0 aromatic rings. The third-order valence-corrected chi connectivity index (χ3v) is 3.15. The molecule has 0 spiro atoms. The molecule has 0 radical (unpaired) electrons. The topological polar surface area (TPSA) is 69.6 Å². The fraction of sp³-hybridized carbons (Fsp3) is 0.909. The van der Waals surface area contributed by atoms with Gasteiger partial charge in [0.05, 0.1) is 6.61 Å². The maximum Gasteiger partial charge on any atom is 0.323 e.